The lowest BCUT2D eigenvalue weighted by atomic mass is 9.94. The largest absolute Gasteiger partial charge is 0.507 e. The molecule has 5 rings (SSSR count). The summed E-state index contributed by atoms with van der Waals surface area (Å²) in [5.41, 5.74) is 2.12. The van der Waals surface area contributed by atoms with Gasteiger partial charge in [-0.05, 0) is 48.0 Å². The number of anilines is 1. The topological polar surface area (TPSA) is 70.1 Å². The standard InChI is InChI=1S/C24H20ClFN4O/c25-15-5-3-4-14(10-15)19-12-27-13-21(19)29-23-17-6-1-2-7-20(17)28-24(30-23)18-11-16(26)8-9-22(18)31/h1-11,19,21,27,31H,12-13H2,(H,28,29,30)/t19-,21+/m1/s1. The van der Waals surface area contributed by atoms with Crippen molar-refractivity contribution in [3.63, 3.8) is 0 Å². The molecule has 1 saturated heterocycles. The summed E-state index contributed by atoms with van der Waals surface area (Å²) in [5.74, 6) is 0.592. The van der Waals surface area contributed by atoms with Gasteiger partial charge >= 0.3 is 0 Å². The predicted octanol–water partition coefficient (Wildman–Crippen LogP) is 4.96. The Morgan fingerprint density at radius 1 is 1.00 bits per heavy atom. The van der Waals surface area contributed by atoms with Gasteiger partial charge in [-0.1, -0.05) is 35.9 Å². The monoisotopic (exact) mass is 434 g/mol. The van der Waals surface area contributed by atoms with Gasteiger partial charge in [0.05, 0.1) is 11.1 Å². The summed E-state index contributed by atoms with van der Waals surface area (Å²) >= 11 is 6.21. The van der Waals surface area contributed by atoms with Crippen molar-refractivity contribution in [1.82, 2.24) is 15.3 Å². The van der Waals surface area contributed by atoms with E-state index in [9.17, 15) is 9.50 Å². The molecular formula is C24H20ClFN4O. The molecule has 0 radical (unpaired) electrons. The third-order valence-corrected chi connectivity index (χ3v) is 5.85. The number of phenolic OH excluding ortho intramolecular Hbond substituents is 1. The quantitative estimate of drug-likeness (QED) is 0.423. The van der Waals surface area contributed by atoms with Crippen LogP contribution in [0.15, 0.2) is 66.7 Å². The first-order valence-corrected chi connectivity index (χ1v) is 10.4. The Labute approximate surface area is 183 Å². The van der Waals surface area contributed by atoms with Crippen LogP contribution >= 0.6 is 11.6 Å². The zero-order valence-electron chi connectivity index (χ0n) is 16.5. The van der Waals surface area contributed by atoms with Crippen molar-refractivity contribution in [2.24, 2.45) is 0 Å². The second-order valence-electron chi connectivity index (χ2n) is 7.65. The summed E-state index contributed by atoms with van der Waals surface area (Å²) in [5, 5.41) is 18.8. The molecule has 0 aliphatic carbocycles. The minimum Gasteiger partial charge on any atom is -0.507 e. The Bertz CT molecular complexity index is 1270. The van der Waals surface area contributed by atoms with Crippen LogP contribution in [-0.4, -0.2) is 34.2 Å². The molecule has 7 heteroatoms. The number of nitrogens with one attached hydrogen (secondary N) is 2. The van der Waals surface area contributed by atoms with E-state index < -0.39 is 5.82 Å². The smallest absolute Gasteiger partial charge is 0.165 e. The number of hydrogen-bond acceptors (Lipinski definition) is 5. The van der Waals surface area contributed by atoms with Gasteiger partial charge in [0.25, 0.3) is 0 Å². The molecule has 1 fully saturated rings. The highest BCUT2D eigenvalue weighted by Crippen LogP contribution is 2.33. The lowest BCUT2D eigenvalue weighted by molar-refractivity contribution is 0.475. The first kappa shape index (κ1) is 19.7. The van der Waals surface area contributed by atoms with E-state index in [1.165, 1.54) is 18.2 Å². The van der Waals surface area contributed by atoms with Crippen molar-refractivity contribution >= 4 is 28.3 Å². The van der Waals surface area contributed by atoms with E-state index in [-0.39, 0.29) is 29.1 Å². The molecule has 5 nitrogen and oxygen atoms in total. The SMILES string of the molecule is Oc1ccc(F)cc1-c1nc(N[C@H]2CNC[C@@H]2c2cccc(Cl)c2)c2ccccc2n1. The first-order chi connectivity index (χ1) is 15.1. The van der Waals surface area contributed by atoms with Crippen molar-refractivity contribution in [3.05, 3.63) is 83.1 Å². The summed E-state index contributed by atoms with van der Waals surface area (Å²) in [6.07, 6.45) is 0. The molecule has 4 aromatic rings. The third-order valence-electron chi connectivity index (χ3n) is 5.62. The first-order valence-electron chi connectivity index (χ1n) is 10.1. The zero-order valence-corrected chi connectivity index (χ0v) is 17.3. The Balaban J connectivity index is 1.57. The fourth-order valence-electron chi connectivity index (χ4n) is 4.09. The predicted molar refractivity (Wildman–Crippen MR) is 121 cm³/mol. The Morgan fingerprint density at radius 2 is 1.87 bits per heavy atom. The molecule has 3 aromatic carbocycles. The highest BCUT2D eigenvalue weighted by molar-refractivity contribution is 6.30. The van der Waals surface area contributed by atoms with Gasteiger partial charge in [-0.3, -0.25) is 0 Å². The van der Waals surface area contributed by atoms with Crippen molar-refractivity contribution < 1.29 is 9.50 Å². The molecule has 156 valence electrons. The van der Waals surface area contributed by atoms with Crippen LogP contribution in [0.2, 0.25) is 5.02 Å². The molecule has 3 N–H and O–H groups in total. The number of hydrogen-bond donors (Lipinski definition) is 3. The number of benzene rings is 3. The van der Waals surface area contributed by atoms with Gasteiger partial charge in [-0.2, -0.15) is 0 Å². The third kappa shape index (κ3) is 3.92. The lowest BCUT2D eigenvalue weighted by Crippen LogP contribution is -2.27. The van der Waals surface area contributed by atoms with Gasteiger partial charge in [0.2, 0.25) is 0 Å². The van der Waals surface area contributed by atoms with Crippen LogP contribution in [0.5, 0.6) is 5.75 Å². The summed E-state index contributed by atoms with van der Waals surface area (Å²) < 4.78 is 13.8. The average molecular weight is 435 g/mol. The second kappa shape index (κ2) is 8.13. The van der Waals surface area contributed by atoms with Crippen molar-refractivity contribution in [2.75, 3.05) is 18.4 Å². The van der Waals surface area contributed by atoms with E-state index in [1.54, 1.807) is 0 Å². The molecule has 1 aliphatic rings. The van der Waals surface area contributed by atoms with Crippen LogP contribution in [0, 0.1) is 5.82 Å². The van der Waals surface area contributed by atoms with Crippen molar-refractivity contribution in [1.29, 1.82) is 0 Å². The van der Waals surface area contributed by atoms with Gasteiger partial charge in [0.15, 0.2) is 5.82 Å². The van der Waals surface area contributed by atoms with Crippen LogP contribution in [-0.2, 0) is 0 Å². The minimum atomic E-state index is -0.458. The maximum atomic E-state index is 13.8. The number of halogens is 2. The molecule has 1 aliphatic heterocycles. The number of aromatic hydroxyl groups is 1. The van der Waals surface area contributed by atoms with E-state index in [2.05, 4.69) is 26.7 Å². The van der Waals surface area contributed by atoms with Crippen LogP contribution in [0.3, 0.4) is 0 Å². The number of aromatic nitrogens is 2. The lowest BCUT2D eigenvalue weighted by Gasteiger charge is -2.22. The molecule has 2 heterocycles. The molecule has 0 unspecified atom stereocenters. The number of nitrogens with zero attached hydrogens (tertiary/aromatic N) is 2. The summed E-state index contributed by atoms with van der Waals surface area (Å²) in [7, 11) is 0. The molecule has 0 saturated carbocycles. The Morgan fingerprint density at radius 3 is 2.74 bits per heavy atom. The molecule has 2 atom stereocenters. The Hall–Kier alpha value is -3.22. The Kier molecular flexibility index (Phi) is 5.18. The highest BCUT2D eigenvalue weighted by atomic mass is 35.5. The maximum absolute atomic E-state index is 13.8. The minimum absolute atomic E-state index is 0.0676. The average Bonchev–Trinajstić information content (AvgIpc) is 3.23. The zero-order chi connectivity index (χ0) is 21.4. The number of para-hydroxylation sites is 1. The summed E-state index contributed by atoms with van der Waals surface area (Å²) in [6.45, 7) is 1.58. The molecule has 31 heavy (non-hydrogen) atoms. The van der Waals surface area contributed by atoms with E-state index in [1.807, 2.05) is 42.5 Å². The van der Waals surface area contributed by atoms with Gasteiger partial charge in [0, 0.05) is 35.5 Å². The van der Waals surface area contributed by atoms with Gasteiger partial charge in [0.1, 0.15) is 17.4 Å². The van der Waals surface area contributed by atoms with E-state index >= 15 is 0 Å². The number of fused-ring (bicyclic) bond motifs is 1. The molecule has 0 spiro atoms. The molecule has 1 aromatic heterocycles. The van der Waals surface area contributed by atoms with Crippen LogP contribution < -0.4 is 10.6 Å². The number of rotatable bonds is 4. The van der Waals surface area contributed by atoms with Gasteiger partial charge in [-0.25, -0.2) is 14.4 Å². The van der Waals surface area contributed by atoms with Crippen LogP contribution in [0.1, 0.15) is 11.5 Å². The molecular weight excluding hydrogens is 415 g/mol. The highest BCUT2D eigenvalue weighted by Gasteiger charge is 2.29. The van der Waals surface area contributed by atoms with Gasteiger partial charge < -0.3 is 15.7 Å². The molecule has 0 amide bonds. The fraction of sp³-hybridized carbons (Fsp3) is 0.167. The van der Waals surface area contributed by atoms with Crippen molar-refractivity contribution in [3.8, 4) is 17.1 Å². The van der Waals surface area contributed by atoms with E-state index in [0.717, 1.165) is 24.0 Å². The summed E-state index contributed by atoms with van der Waals surface area (Å²) in [6, 6.07) is 19.4. The van der Waals surface area contributed by atoms with Gasteiger partial charge in [-0.15, -0.1) is 0 Å². The van der Waals surface area contributed by atoms with E-state index in [0.29, 0.717) is 16.4 Å². The maximum Gasteiger partial charge on any atom is 0.165 e. The van der Waals surface area contributed by atoms with E-state index in [4.69, 9.17) is 11.6 Å². The second-order valence-corrected chi connectivity index (χ2v) is 8.08. The van der Waals surface area contributed by atoms with Crippen molar-refractivity contribution in [2.45, 2.75) is 12.0 Å². The molecule has 0 bridgehead atoms. The number of phenols is 1. The summed E-state index contributed by atoms with van der Waals surface area (Å²) in [4.78, 5) is 9.24. The van der Waals surface area contributed by atoms with Crippen LogP contribution in [0.25, 0.3) is 22.3 Å². The fourth-order valence-corrected chi connectivity index (χ4v) is 4.29. The van der Waals surface area contributed by atoms with Crippen LogP contribution in [0.4, 0.5) is 10.2 Å². The normalized spacial score (nSPS) is 18.4.